The quantitative estimate of drug-likeness (QED) is 0.614. The van der Waals surface area contributed by atoms with Gasteiger partial charge in [0.05, 0.1) is 11.0 Å². The topological polar surface area (TPSA) is 106 Å². The Balaban J connectivity index is 2.13. The highest BCUT2D eigenvalue weighted by Gasteiger charge is 2.32. The molecule has 1 fully saturated rings. The van der Waals surface area contributed by atoms with E-state index in [1.807, 2.05) is 0 Å². The molecule has 0 unspecified atom stereocenters. The Kier molecular flexibility index (Phi) is 4.14. The zero-order valence-corrected chi connectivity index (χ0v) is 11.3. The van der Waals surface area contributed by atoms with E-state index in [0.29, 0.717) is 5.82 Å². The molecule has 0 radical (unpaired) electrons. The fourth-order valence-corrected chi connectivity index (χ4v) is 2.05. The maximum absolute atomic E-state index is 12.1. The van der Waals surface area contributed by atoms with E-state index in [1.165, 1.54) is 6.07 Å². The first-order valence-corrected chi connectivity index (χ1v) is 6.21. The number of amides is 1. The number of hydrogen-bond acceptors (Lipinski definition) is 6. The van der Waals surface area contributed by atoms with Gasteiger partial charge < -0.3 is 15.4 Å². The fourth-order valence-electron chi connectivity index (χ4n) is 2.05. The van der Waals surface area contributed by atoms with E-state index in [4.69, 9.17) is 4.74 Å². The van der Waals surface area contributed by atoms with E-state index in [1.54, 1.807) is 14.2 Å². The Hall–Kier alpha value is -2.22. The van der Waals surface area contributed by atoms with Crippen LogP contribution >= 0.6 is 0 Å². The van der Waals surface area contributed by atoms with Crippen LogP contribution in [0.3, 0.4) is 0 Å². The molecule has 108 valence electrons. The Morgan fingerprint density at radius 3 is 2.80 bits per heavy atom. The van der Waals surface area contributed by atoms with Gasteiger partial charge in [-0.25, -0.2) is 4.98 Å². The summed E-state index contributed by atoms with van der Waals surface area (Å²) in [5.41, 5.74) is -0.292. The SMILES string of the molecule is CNc1cc(C(=O)NC2CC(OC)C2)c([N+](=O)[O-])cn1. The lowest BCUT2D eigenvalue weighted by molar-refractivity contribution is -0.385. The molecular formula is C12H16N4O4. The minimum Gasteiger partial charge on any atom is -0.381 e. The minimum atomic E-state index is -0.611. The van der Waals surface area contributed by atoms with Gasteiger partial charge in [0.1, 0.15) is 17.6 Å². The van der Waals surface area contributed by atoms with Crippen molar-refractivity contribution < 1.29 is 14.5 Å². The van der Waals surface area contributed by atoms with Crippen LogP contribution in [-0.2, 0) is 4.74 Å². The van der Waals surface area contributed by atoms with E-state index in [2.05, 4.69) is 15.6 Å². The van der Waals surface area contributed by atoms with Crippen molar-refractivity contribution in [2.75, 3.05) is 19.5 Å². The van der Waals surface area contributed by atoms with Gasteiger partial charge in [-0.3, -0.25) is 14.9 Å². The molecule has 1 aliphatic carbocycles. The number of methoxy groups -OCH3 is 1. The third-order valence-corrected chi connectivity index (χ3v) is 3.34. The number of aromatic nitrogens is 1. The molecule has 0 aliphatic heterocycles. The molecule has 1 amide bonds. The summed E-state index contributed by atoms with van der Waals surface area (Å²) < 4.78 is 5.12. The summed E-state index contributed by atoms with van der Waals surface area (Å²) in [6, 6.07) is 1.37. The van der Waals surface area contributed by atoms with Crippen LogP contribution in [0.1, 0.15) is 23.2 Å². The first-order chi connectivity index (χ1) is 9.55. The molecule has 8 heteroatoms. The van der Waals surface area contributed by atoms with Gasteiger partial charge >= 0.3 is 0 Å². The first-order valence-electron chi connectivity index (χ1n) is 6.21. The first kappa shape index (κ1) is 14.2. The fraction of sp³-hybridized carbons (Fsp3) is 0.500. The maximum atomic E-state index is 12.1. The van der Waals surface area contributed by atoms with Crippen LogP contribution < -0.4 is 10.6 Å². The van der Waals surface area contributed by atoms with E-state index < -0.39 is 10.8 Å². The third kappa shape index (κ3) is 2.85. The van der Waals surface area contributed by atoms with Crippen LogP contribution in [0.2, 0.25) is 0 Å². The summed E-state index contributed by atoms with van der Waals surface area (Å²) >= 11 is 0. The zero-order valence-electron chi connectivity index (χ0n) is 11.3. The number of pyridine rings is 1. The van der Waals surface area contributed by atoms with Crippen LogP contribution in [0.5, 0.6) is 0 Å². The summed E-state index contributed by atoms with van der Waals surface area (Å²) in [5.74, 6) is -0.0562. The highest BCUT2D eigenvalue weighted by molar-refractivity contribution is 5.98. The van der Waals surface area contributed by atoms with Gasteiger partial charge in [0.15, 0.2) is 0 Å². The lowest BCUT2D eigenvalue weighted by Crippen LogP contribution is -2.47. The number of nitrogens with one attached hydrogen (secondary N) is 2. The predicted molar refractivity (Wildman–Crippen MR) is 71.7 cm³/mol. The number of carbonyl (C=O) groups excluding carboxylic acids is 1. The molecule has 1 heterocycles. The molecule has 0 atom stereocenters. The average molecular weight is 280 g/mol. The van der Waals surface area contributed by atoms with Crippen LogP contribution in [-0.4, -0.2) is 42.1 Å². The molecule has 0 aromatic carbocycles. The molecule has 1 aromatic heterocycles. The number of carbonyl (C=O) groups is 1. The van der Waals surface area contributed by atoms with Crippen LogP contribution in [0.4, 0.5) is 11.5 Å². The van der Waals surface area contributed by atoms with Crippen molar-refractivity contribution in [3.05, 3.63) is 27.9 Å². The number of hydrogen-bond donors (Lipinski definition) is 2. The van der Waals surface area contributed by atoms with Gasteiger partial charge in [-0.2, -0.15) is 0 Å². The second-order valence-electron chi connectivity index (χ2n) is 4.59. The molecule has 2 rings (SSSR count). The second kappa shape index (κ2) is 5.83. The molecule has 1 saturated carbocycles. The van der Waals surface area contributed by atoms with Crippen molar-refractivity contribution in [1.82, 2.24) is 10.3 Å². The molecule has 0 bridgehead atoms. The normalized spacial score (nSPS) is 20.9. The van der Waals surface area contributed by atoms with E-state index in [9.17, 15) is 14.9 Å². The molecular weight excluding hydrogens is 264 g/mol. The molecule has 1 aromatic rings. The summed E-state index contributed by atoms with van der Waals surface area (Å²) in [4.78, 5) is 26.3. The number of nitro groups is 1. The van der Waals surface area contributed by atoms with Crippen molar-refractivity contribution in [1.29, 1.82) is 0 Å². The van der Waals surface area contributed by atoms with Gasteiger partial charge in [-0.05, 0) is 12.8 Å². The average Bonchev–Trinajstić information content (AvgIpc) is 2.41. The van der Waals surface area contributed by atoms with Crippen LogP contribution in [0.15, 0.2) is 12.3 Å². The lowest BCUT2D eigenvalue weighted by Gasteiger charge is -2.34. The van der Waals surface area contributed by atoms with Crippen LogP contribution in [0.25, 0.3) is 0 Å². The van der Waals surface area contributed by atoms with Crippen molar-refractivity contribution in [2.24, 2.45) is 0 Å². The standard InChI is InChI=1S/C12H16N4O4/c1-13-11-5-9(10(6-14-11)16(18)19)12(17)15-7-3-8(4-7)20-2/h5-8H,3-4H2,1-2H3,(H,13,14)(H,15,17). The molecule has 20 heavy (non-hydrogen) atoms. The lowest BCUT2D eigenvalue weighted by atomic mass is 9.89. The Labute approximate surface area is 115 Å². The minimum absolute atomic E-state index is 0.00162. The highest BCUT2D eigenvalue weighted by Crippen LogP contribution is 2.25. The summed E-state index contributed by atoms with van der Waals surface area (Å²) in [6.07, 6.45) is 2.68. The highest BCUT2D eigenvalue weighted by atomic mass is 16.6. The smallest absolute Gasteiger partial charge is 0.300 e. The summed E-state index contributed by atoms with van der Waals surface area (Å²) in [5, 5.41) is 16.5. The molecule has 0 spiro atoms. The van der Waals surface area contributed by atoms with Gasteiger partial charge in [0.25, 0.3) is 11.6 Å². The Bertz CT molecular complexity index is 528. The molecule has 0 saturated heterocycles. The van der Waals surface area contributed by atoms with E-state index in [-0.39, 0.29) is 23.4 Å². The predicted octanol–water partition coefficient (Wildman–Crippen LogP) is 0.939. The van der Waals surface area contributed by atoms with Gasteiger partial charge in [0, 0.05) is 26.3 Å². The number of rotatable bonds is 5. The van der Waals surface area contributed by atoms with Crippen molar-refractivity contribution >= 4 is 17.4 Å². The number of ether oxygens (including phenoxy) is 1. The molecule has 1 aliphatic rings. The third-order valence-electron chi connectivity index (χ3n) is 3.34. The van der Waals surface area contributed by atoms with E-state index in [0.717, 1.165) is 19.0 Å². The van der Waals surface area contributed by atoms with Gasteiger partial charge in [-0.15, -0.1) is 0 Å². The van der Waals surface area contributed by atoms with Gasteiger partial charge in [-0.1, -0.05) is 0 Å². The summed E-state index contributed by atoms with van der Waals surface area (Å²) in [7, 11) is 3.25. The van der Waals surface area contributed by atoms with Gasteiger partial charge in [0.2, 0.25) is 0 Å². The summed E-state index contributed by atoms with van der Waals surface area (Å²) in [6.45, 7) is 0. The second-order valence-corrected chi connectivity index (χ2v) is 4.59. The monoisotopic (exact) mass is 280 g/mol. The van der Waals surface area contributed by atoms with Crippen molar-refractivity contribution in [3.8, 4) is 0 Å². The Morgan fingerprint density at radius 1 is 1.55 bits per heavy atom. The van der Waals surface area contributed by atoms with Crippen LogP contribution in [0, 0.1) is 10.1 Å². The van der Waals surface area contributed by atoms with Crippen molar-refractivity contribution in [3.63, 3.8) is 0 Å². The Morgan fingerprint density at radius 2 is 2.25 bits per heavy atom. The number of anilines is 1. The maximum Gasteiger partial charge on any atom is 0.300 e. The molecule has 2 N–H and O–H groups in total. The largest absolute Gasteiger partial charge is 0.381 e. The molecule has 8 nitrogen and oxygen atoms in total. The van der Waals surface area contributed by atoms with Crippen molar-refractivity contribution in [2.45, 2.75) is 25.0 Å². The zero-order chi connectivity index (χ0) is 14.7. The van der Waals surface area contributed by atoms with E-state index >= 15 is 0 Å². The number of nitrogens with zero attached hydrogens (tertiary/aromatic N) is 2.